The van der Waals surface area contributed by atoms with Crippen LogP contribution in [-0.4, -0.2) is 67.9 Å². The number of hydrazone groups is 1. The SMILES string of the molecule is CCN(CC)c1ccc(/C=N/Nc2nc(N)c3ncn([C@H]4CC(O)[C@@H](CO)O4)c3n2)cc1. The monoisotopic (exact) mass is 440 g/mol. The first-order chi connectivity index (χ1) is 15.5. The second kappa shape index (κ2) is 9.47. The number of ether oxygens (including phenoxy) is 1. The number of aliphatic hydroxyl groups excluding tert-OH is 2. The van der Waals surface area contributed by atoms with Crippen molar-refractivity contribution in [3.63, 3.8) is 0 Å². The van der Waals surface area contributed by atoms with E-state index in [9.17, 15) is 10.2 Å². The van der Waals surface area contributed by atoms with Gasteiger partial charge in [0, 0.05) is 25.2 Å². The summed E-state index contributed by atoms with van der Waals surface area (Å²) >= 11 is 0. The number of rotatable bonds is 8. The molecule has 1 aliphatic heterocycles. The molecule has 4 rings (SSSR count). The molecule has 1 fully saturated rings. The highest BCUT2D eigenvalue weighted by molar-refractivity contribution is 5.83. The molecule has 1 aromatic carbocycles. The van der Waals surface area contributed by atoms with Crippen LogP contribution < -0.4 is 16.1 Å². The first kappa shape index (κ1) is 21.9. The molecule has 0 aliphatic carbocycles. The van der Waals surface area contributed by atoms with Crippen LogP contribution in [0.1, 0.15) is 32.1 Å². The van der Waals surface area contributed by atoms with Crippen LogP contribution in [0.25, 0.3) is 11.2 Å². The van der Waals surface area contributed by atoms with Gasteiger partial charge in [-0.3, -0.25) is 4.57 Å². The van der Waals surface area contributed by atoms with Gasteiger partial charge < -0.3 is 25.6 Å². The van der Waals surface area contributed by atoms with Crippen molar-refractivity contribution >= 4 is 34.8 Å². The van der Waals surface area contributed by atoms with E-state index in [-0.39, 0.29) is 18.4 Å². The Kier molecular flexibility index (Phi) is 6.49. The predicted molar refractivity (Wildman–Crippen MR) is 123 cm³/mol. The Bertz CT molecular complexity index is 1080. The van der Waals surface area contributed by atoms with Gasteiger partial charge in [0.15, 0.2) is 11.5 Å². The summed E-state index contributed by atoms with van der Waals surface area (Å²) in [5.74, 6) is 0.414. The van der Waals surface area contributed by atoms with E-state index >= 15 is 0 Å². The molecule has 1 aliphatic rings. The molecule has 0 bridgehead atoms. The van der Waals surface area contributed by atoms with Gasteiger partial charge in [-0.2, -0.15) is 15.1 Å². The van der Waals surface area contributed by atoms with Gasteiger partial charge in [-0.1, -0.05) is 12.1 Å². The fourth-order valence-corrected chi connectivity index (χ4v) is 3.77. The summed E-state index contributed by atoms with van der Waals surface area (Å²) in [6, 6.07) is 8.10. The van der Waals surface area contributed by atoms with Crippen LogP contribution in [0.5, 0.6) is 0 Å². The molecule has 5 N–H and O–H groups in total. The van der Waals surface area contributed by atoms with Crippen LogP contribution in [-0.2, 0) is 4.74 Å². The Hall–Kier alpha value is -3.28. The van der Waals surface area contributed by atoms with Gasteiger partial charge in [0.05, 0.1) is 25.3 Å². The van der Waals surface area contributed by atoms with Gasteiger partial charge in [0.1, 0.15) is 17.8 Å². The fourth-order valence-electron chi connectivity index (χ4n) is 3.77. The number of nitrogens with zero attached hydrogens (tertiary/aromatic N) is 6. The third kappa shape index (κ3) is 4.35. The molecule has 3 atom stereocenters. The van der Waals surface area contributed by atoms with E-state index in [0.29, 0.717) is 17.6 Å². The molecule has 0 radical (unpaired) electrons. The maximum absolute atomic E-state index is 10.0. The molecule has 1 unspecified atom stereocenters. The Labute approximate surface area is 185 Å². The number of hydrogen-bond donors (Lipinski definition) is 4. The summed E-state index contributed by atoms with van der Waals surface area (Å²) in [5.41, 5.74) is 11.8. The Balaban J connectivity index is 1.50. The summed E-state index contributed by atoms with van der Waals surface area (Å²) in [4.78, 5) is 15.2. The molecule has 0 amide bonds. The number of nitrogens with two attached hydrogens (primary N) is 1. The van der Waals surface area contributed by atoms with E-state index in [4.69, 9.17) is 10.5 Å². The third-order valence-electron chi connectivity index (χ3n) is 5.54. The predicted octanol–water partition coefficient (Wildman–Crippen LogP) is 1.34. The molecule has 11 heteroatoms. The minimum absolute atomic E-state index is 0.201. The van der Waals surface area contributed by atoms with E-state index in [1.54, 1.807) is 10.8 Å². The van der Waals surface area contributed by atoms with Crippen LogP contribution >= 0.6 is 0 Å². The maximum Gasteiger partial charge on any atom is 0.247 e. The zero-order chi connectivity index (χ0) is 22.7. The molecular weight excluding hydrogens is 412 g/mol. The summed E-state index contributed by atoms with van der Waals surface area (Å²) in [5, 5.41) is 23.6. The molecule has 0 spiro atoms. The van der Waals surface area contributed by atoms with Crippen LogP contribution in [0, 0.1) is 0 Å². The number of hydrogen-bond acceptors (Lipinski definition) is 10. The quantitative estimate of drug-likeness (QED) is 0.301. The number of imidazole rings is 1. The number of benzene rings is 1. The molecule has 2 aromatic heterocycles. The average Bonchev–Trinajstić information content (AvgIpc) is 3.39. The lowest BCUT2D eigenvalue weighted by Gasteiger charge is -2.20. The Morgan fingerprint density at radius 2 is 2.03 bits per heavy atom. The zero-order valence-electron chi connectivity index (χ0n) is 18.1. The molecule has 170 valence electrons. The molecule has 11 nitrogen and oxygen atoms in total. The second-order valence-electron chi connectivity index (χ2n) is 7.51. The Morgan fingerprint density at radius 3 is 2.69 bits per heavy atom. The third-order valence-corrected chi connectivity index (χ3v) is 5.54. The summed E-state index contributed by atoms with van der Waals surface area (Å²) in [6.45, 7) is 5.90. The number of anilines is 3. The lowest BCUT2D eigenvalue weighted by atomic mass is 10.2. The van der Waals surface area contributed by atoms with Gasteiger partial charge in [0.2, 0.25) is 5.95 Å². The van der Waals surface area contributed by atoms with Crippen molar-refractivity contribution in [1.82, 2.24) is 19.5 Å². The van der Waals surface area contributed by atoms with Crippen LogP contribution in [0.15, 0.2) is 35.7 Å². The number of nitrogen functional groups attached to an aromatic ring is 1. The highest BCUT2D eigenvalue weighted by Gasteiger charge is 2.35. The smallest absolute Gasteiger partial charge is 0.247 e. The minimum atomic E-state index is -0.767. The lowest BCUT2D eigenvalue weighted by molar-refractivity contribution is -0.0432. The maximum atomic E-state index is 10.0. The number of aliphatic hydroxyl groups is 2. The van der Waals surface area contributed by atoms with E-state index < -0.39 is 18.4 Å². The summed E-state index contributed by atoms with van der Waals surface area (Å²) in [6.07, 6.45) is 1.60. The zero-order valence-corrected chi connectivity index (χ0v) is 18.1. The molecule has 0 saturated carbocycles. The highest BCUT2D eigenvalue weighted by atomic mass is 16.5. The van der Waals surface area contributed by atoms with E-state index in [0.717, 1.165) is 24.3 Å². The minimum Gasteiger partial charge on any atom is -0.394 e. The average molecular weight is 441 g/mol. The van der Waals surface area contributed by atoms with Crippen molar-refractivity contribution in [1.29, 1.82) is 0 Å². The second-order valence-corrected chi connectivity index (χ2v) is 7.51. The van der Waals surface area contributed by atoms with Crippen molar-refractivity contribution in [3.8, 4) is 0 Å². The molecule has 1 saturated heterocycles. The molecule has 3 aromatic rings. The van der Waals surface area contributed by atoms with Gasteiger partial charge in [-0.25, -0.2) is 10.4 Å². The summed E-state index contributed by atoms with van der Waals surface area (Å²) in [7, 11) is 0. The topological polar surface area (TPSA) is 147 Å². The van der Waals surface area contributed by atoms with Crippen molar-refractivity contribution in [2.75, 3.05) is 35.8 Å². The van der Waals surface area contributed by atoms with Gasteiger partial charge >= 0.3 is 0 Å². The number of fused-ring (bicyclic) bond motifs is 1. The van der Waals surface area contributed by atoms with Crippen LogP contribution in [0.2, 0.25) is 0 Å². The van der Waals surface area contributed by atoms with Crippen molar-refractivity contribution in [2.45, 2.75) is 38.7 Å². The van der Waals surface area contributed by atoms with Crippen molar-refractivity contribution in [2.24, 2.45) is 5.10 Å². The fraction of sp³-hybridized carbons (Fsp3) is 0.429. The van der Waals surface area contributed by atoms with Crippen LogP contribution in [0.3, 0.4) is 0 Å². The lowest BCUT2D eigenvalue weighted by Crippen LogP contribution is -2.24. The van der Waals surface area contributed by atoms with Gasteiger partial charge in [-0.15, -0.1) is 0 Å². The summed E-state index contributed by atoms with van der Waals surface area (Å²) < 4.78 is 7.38. The van der Waals surface area contributed by atoms with Crippen molar-refractivity contribution < 1.29 is 14.9 Å². The van der Waals surface area contributed by atoms with E-state index in [2.05, 4.69) is 56.4 Å². The Morgan fingerprint density at radius 1 is 1.28 bits per heavy atom. The van der Waals surface area contributed by atoms with Gasteiger partial charge in [-0.05, 0) is 31.5 Å². The first-order valence-electron chi connectivity index (χ1n) is 10.6. The van der Waals surface area contributed by atoms with E-state index in [1.807, 2.05) is 12.1 Å². The van der Waals surface area contributed by atoms with Crippen LogP contribution in [0.4, 0.5) is 17.5 Å². The largest absolute Gasteiger partial charge is 0.394 e. The molecule has 32 heavy (non-hydrogen) atoms. The first-order valence-corrected chi connectivity index (χ1v) is 10.6. The normalized spacial score (nSPS) is 20.9. The number of nitrogens with one attached hydrogen (secondary N) is 1. The molecule has 3 heterocycles. The highest BCUT2D eigenvalue weighted by Crippen LogP contribution is 2.31. The van der Waals surface area contributed by atoms with E-state index in [1.165, 1.54) is 6.33 Å². The van der Waals surface area contributed by atoms with Gasteiger partial charge in [0.25, 0.3) is 0 Å². The standard InChI is InChI=1S/C21H28N8O3/c1-3-28(4-2)14-7-5-13(6-8-14)10-24-27-21-25-19(22)18-20(26-21)29(12-23-18)17-9-15(31)16(11-30)32-17/h5-8,10,12,15-17,30-31H,3-4,9,11H2,1-2H3,(H3,22,25,26,27)/b24-10+/t15?,16-,17-/m1/s1. The number of aromatic nitrogens is 4. The van der Waals surface area contributed by atoms with Crippen molar-refractivity contribution in [3.05, 3.63) is 36.2 Å². The molecular formula is C21H28N8O3.